The van der Waals surface area contributed by atoms with E-state index in [4.69, 9.17) is 38.3 Å². The standard InChI is InChI=1S/C58H73NO13/c1-40-41(2)52(39-69-56(65)43-18-10-8-11-19-43)72-57(42(40)3)68-35-17-16-23-48(60)22-14-6-7-15-24-53(61)59-37-51(71-55(64)34-33-54(62)63)36-47(59)38-70-58(44-20-12-9-13-21-44,45-25-29-49(66-4)30-26-45)46-27-31-50(67-5)32-28-46/h8-13,18-21,25-32,40-42,47,51-52,57H,6-7,14-17,22-24,33-39H2,1-5H3,(H,62,63)/t40-,41-,42?,47-,51+,52?,57-/m0/s1. The van der Waals surface area contributed by atoms with Crippen molar-refractivity contribution in [1.29, 1.82) is 0 Å². The molecular formula is C58H73NO13. The zero-order chi connectivity index (χ0) is 51.5. The molecule has 2 aliphatic rings. The van der Waals surface area contributed by atoms with Crippen LogP contribution in [-0.2, 0) is 48.5 Å². The van der Waals surface area contributed by atoms with Crippen LogP contribution in [0.15, 0.2) is 109 Å². The number of Topliss-reactive ketones (excluding diaryl/α,β-unsaturated/α-hetero) is 1. The SMILES string of the molecule is COc1ccc(C(OC[C@@H]2C[C@@H](OC(=O)CCC(=O)O)CN2C(=O)CCCCCCC(=O)CCCCO[C@H]2OC(COC(=O)c3ccccc3)[C@@H](C)[C@H](C)C2C)(c2ccccc2)c2ccc(OC)cc2)cc1. The summed E-state index contributed by atoms with van der Waals surface area (Å²) in [4.78, 5) is 65.2. The molecule has 2 fully saturated rings. The Morgan fingerprint density at radius 1 is 0.639 bits per heavy atom. The summed E-state index contributed by atoms with van der Waals surface area (Å²) in [7, 11) is 3.22. The molecule has 2 heterocycles. The molecule has 4 aromatic carbocycles. The molecule has 4 aromatic rings. The van der Waals surface area contributed by atoms with Gasteiger partial charge in [0.1, 0.15) is 35.6 Å². The first-order valence-corrected chi connectivity index (χ1v) is 25.5. The van der Waals surface area contributed by atoms with Crippen LogP contribution in [-0.4, -0.2) is 105 Å². The summed E-state index contributed by atoms with van der Waals surface area (Å²) in [6.07, 6.45) is 3.93. The molecule has 388 valence electrons. The number of carbonyl (C=O) groups excluding carboxylic acids is 4. The fraction of sp³-hybridized carbons (Fsp3) is 0.500. The van der Waals surface area contributed by atoms with Crippen LogP contribution >= 0.6 is 0 Å². The molecule has 14 nitrogen and oxygen atoms in total. The Bertz CT molecular complexity index is 2280. The topological polar surface area (TPSA) is 173 Å². The summed E-state index contributed by atoms with van der Waals surface area (Å²) in [5.74, 6) is 0.0133. The van der Waals surface area contributed by atoms with Gasteiger partial charge in [-0.2, -0.15) is 0 Å². The minimum Gasteiger partial charge on any atom is -0.497 e. The normalized spacial score (nSPS) is 20.9. The highest BCUT2D eigenvalue weighted by molar-refractivity contribution is 5.89. The van der Waals surface area contributed by atoms with E-state index in [2.05, 4.69) is 20.8 Å². The van der Waals surface area contributed by atoms with Crippen LogP contribution in [0, 0.1) is 17.8 Å². The summed E-state index contributed by atoms with van der Waals surface area (Å²) in [6.45, 7) is 7.27. The number of rotatable bonds is 28. The number of likely N-dealkylation sites (tertiary alicyclic amines) is 1. The number of nitrogens with zero attached hydrogens (tertiary/aromatic N) is 1. The van der Waals surface area contributed by atoms with Gasteiger partial charge in [-0.25, -0.2) is 4.79 Å². The third-order valence-electron chi connectivity index (χ3n) is 14.3. The minimum atomic E-state index is -1.13. The number of amides is 1. The smallest absolute Gasteiger partial charge is 0.338 e. The molecule has 2 aliphatic heterocycles. The van der Waals surface area contributed by atoms with Gasteiger partial charge in [0.05, 0.1) is 57.9 Å². The van der Waals surface area contributed by atoms with Crippen molar-refractivity contribution < 1.29 is 62.2 Å². The molecule has 0 aromatic heterocycles. The van der Waals surface area contributed by atoms with Gasteiger partial charge in [-0.15, -0.1) is 0 Å². The summed E-state index contributed by atoms with van der Waals surface area (Å²) in [6, 6.07) is 33.7. The number of aliphatic carboxylic acids is 1. The van der Waals surface area contributed by atoms with E-state index < -0.39 is 36.0 Å². The van der Waals surface area contributed by atoms with Crippen molar-refractivity contribution in [3.63, 3.8) is 0 Å². The Kier molecular flexibility index (Phi) is 21.2. The highest BCUT2D eigenvalue weighted by atomic mass is 16.7. The fourth-order valence-electron chi connectivity index (χ4n) is 9.70. The molecule has 6 rings (SSSR count). The maximum atomic E-state index is 14.1. The van der Waals surface area contributed by atoms with E-state index in [-0.39, 0.29) is 74.6 Å². The van der Waals surface area contributed by atoms with Crippen LogP contribution in [0.1, 0.15) is 125 Å². The predicted octanol–water partition coefficient (Wildman–Crippen LogP) is 9.98. The molecule has 0 saturated carbocycles. The first-order chi connectivity index (χ1) is 34.8. The maximum absolute atomic E-state index is 14.1. The van der Waals surface area contributed by atoms with Crippen molar-refractivity contribution in [1.82, 2.24) is 4.90 Å². The molecule has 1 amide bonds. The van der Waals surface area contributed by atoms with Gasteiger partial charge in [0.25, 0.3) is 0 Å². The first kappa shape index (κ1) is 55.2. The Labute approximate surface area is 424 Å². The van der Waals surface area contributed by atoms with Crippen LogP contribution in [0.2, 0.25) is 0 Å². The summed E-state index contributed by atoms with van der Waals surface area (Å²) < 4.78 is 42.0. The van der Waals surface area contributed by atoms with Crippen LogP contribution in [0.5, 0.6) is 11.5 Å². The molecule has 7 atom stereocenters. The largest absolute Gasteiger partial charge is 0.497 e. The average molecular weight is 992 g/mol. The van der Waals surface area contributed by atoms with Crippen LogP contribution in [0.4, 0.5) is 0 Å². The van der Waals surface area contributed by atoms with Gasteiger partial charge < -0.3 is 43.2 Å². The van der Waals surface area contributed by atoms with Crippen LogP contribution < -0.4 is 9.47 Å². The second kappa shape index (κ2) is 27.7. The highest BCUT2D eigenvalue weighted by Crippen LogP contribution is 2.43. The number of benzene rings is 4. The quantitative estimate of drug-likeness (QED) is 0.0324. The number of carboxylic acids is 1. The molecule has 72 heavy (non-hydrogen) atoms. The first-order valence-electron chi connectivity index (χ1n) is 25.5. The number of esters is 2. The monoisotopic (exact) mass is 992 g/mol. The summed E-state index contributed by atoms with van der Waals surface area (Å²) in [5, 5.41) is 9.16. The second-order valence-electron chi connectivity index (χ2n) is 19.1. The summed E-state index contributed by atoms with van der Waals surface area (Å²) in [5.41, 5.74) is 1.90. The number of ether oxygens (including phenoxy) is 7. The third-order valence-corrected chi connectivity index (χ3v) is 14.3. The lowest BCUT2D eigenvalue weighted by molar-refractivity contribution is -0.254. The maximum Gasteiger partial charge on any atom is 0.338 e. The Hall–Kier alpha value is -6.09. The molecule has 0 bridgehead atoms. The van der Waals surface area contributed by atoms with Crippen molar-refractivity contribution in [3.8, 4) is 11.5 Å². The van der Waals surface area contributed by atoms with Crippen LogP contribution in [0.25, 0.3) is 0 Å². The van der Waals surface area contributed by atoms with Gasteiger partial charge >= 0.3 is 17.9 Å². The van der Waals surface area contributed by atoms with Crippen LogP contribution in [0.3, 0.4) is 0 Å². The molecule has 0 spiro atoms. The molecule has 0 aliphatic carbocycles. The van der Waals surface area contributed by atoms with Gasteiger partial charge in [-0.1, -0.05) is 106 Å². The van der Waals surface area contributed by atoms with Gasteiger partial charge in [0, 0.05) is 38.2 Å². The summed E-state index contributed by atoms with van der Waals surface area (Å²) >= 11 is 0. The average Bonchev–Trinajstić information content (AvgIpc) is 3.81. The van der Waals surface area contributed by atoms with Crippen molar-refractivity contribution in [2.24, 2.45) is 17.8 Å². The lowest BCUT2D eigenvalue weighted by Gasteiger charge is -2.43. The Balaban J connectivity index is 0.985. The third kappa shape index (κ3) is 15.2. The van der Waals surface area contributed by atoms with E-state index in [9.17, 15) is 24.0 Å². The van der Waals surface area contributed by atoms with E-state index in [1.54, 1.807) is 43.4 Å². The molecule has 2 unspecified atom stereocenters. The number of carboxylic acid groups (broad SMARTS) is 1. The number of ketones is 1. The lowest BCUT2D eigenvalue weighted by atomic mass is 9.79. The zero-order valence-electron chi connectivity index (χ0n) is 42.5. The van der Waals surface area contributed by atoms with E-state index in [1.807, 2.05) is 84.9 Å². The van der Waals surface area contributed by atoms with E-state index in [1.165, 1.54) is 0 Å². The zero-order valence-corrected chi connectivity index (χ0v) is 42.5. The number of carbonyl (C=O) groups is 5. The van der Waals surface area contributed by atoms with Gasteiger partial charge in [-0.3, -0.25) is 19.2 Å². The Morgan fingerprint density at radius 3 is 1.81 bits per heavy atom. The van der Waals surface area contributed by atoms with Crippen molar-refractivity contribution >= 4 is 29.6 Å². The predicted molar refractivity (Wildman–Crippen MR) is 271 cm³/mol. The molecule has 2 saturated heterocycles. The number of hydrogen-bond donors (Lipinski definition) is 1. The number of methoxy groups -OCH3 is 2. The van der Waals surface area contributed by atoms with Gasteiger partial charge in [-0.05, 0) is 90.6 Å². The molecule has 14 heteroatoms. The van der Waals surface area contributed by atoms with E-state index in [0.29, 0.717) is 61.7 Å². The second-order valence-corrected chi connectivity index (χ2v) is 19.1. The number of hydrogen-bond acceptors (Lipinski definition) is 12. The van der Waals surface area contributed by atoms with Crippen molar-refractivity contribution in [2.45, 2.75) is 128 Å². The molecular weight excluding hydrogens is 919 g/mol. The number of unbranched alkanes of at least 4 members (excludes halogenated alkanes) is 4. The lowest BCUT2D eigenvalue weighted by Crippen LogP contribution is -2.48. The van der Waals surface area contributed by atoms with Gasteiger partial charge in [0.2, 0.25) is 5.91 Å². The van der Waals surface area contributed by atoms with E-state index in [0.717, 1.165) is 42.4 Å². The highest BCUT2D eigenvalue weighted by Gasteiger charge is 2.43. The minimum absolute atomic E-state index is 0.0933. The molecule has 1 N–H and O–H groups in total. The van der Waals surface area contributed by atoms with Crippen molar-refractivity contribution in [2.75, 3.05) is 40.6 Å². The van der Waals surface area contributed by atoms with Crippen molar-refractivity contribution in [3.05, 3.63) is 131 Å². The van der Waals surface area contributed by atoms with Gasteiger partial charge in [0.15, 0.2) is 6.29 Å². The van der Waals surface area contributed by atoms with E-state index >= 15 is 0 Å². The molecule has 0 radical (unpaired) electrons. The fourth-order valence-corrected chi connectivity index (χ4v) is 9.70. The Morgan fingerprint density at radius 2 is 1.21 bits per heavy atom.